The number of rotatable bonds is 15. The number of carbonyl (C=O) groups is 2. The molecule has 3 rings (SSSR count). The number of carbonyl (C=O) groups excluding carboxylic acids is 2. The highest BCUT2D eigenvalue weighted by molar-refractivity contribution is 7.89. The number of aromatic nitrogens is 1. The van der Waals surface area contributed by atoms with Crippen molar-refractivity contribution >= 4 is 43.3 Å². The van der Waals surface area contributed by atoms with Crippen molar-refractivity contribution < 1.29 is 23.1 Å². The van der Waals surface area contributed by atoms with Crippen molar-refractivity contribution in [3.63, 3.8) is 0 Å². The van der Waals surface area contributed by atoms with Gasteiger partial charge in [-0.25, -0.2) is 13.4 Å². The van der Waals surface area contributed by atoms with E-state index in [-0.39, 0.29) is 48.4 Å². The van der Waals surface area contributed by atoms with Gasteiger partial charge in [0.05, 0.1) is 32.8 Å². The van der Waals surface area contributed by atoms with Crippen LogP contribution >= 0.6 is 11.3 Å². The maximum atomic E-state index is 13.8. The number of aliphatic hydroxyl groups is 1. The van der Waals surface area contributed by atoms with E-state index >= 15 is 0 Å². The molecule has 38 heavy (non-hydrogen) atoms. The van der Waals surface area contributed by atoms with E-state index in [4.69, 9.17) is 0 Å². The van der Waals surface area contributed by atoms with E-state index in [0.717, 1.165) is 22.2 Å². The minimum Gasteiger partial charge on any atom is -0.390 e. The summed E-state index contributed by atoms with van der Waals surface area (Å²) in [6.07, 6.45) is 0.427. The third-order valence-corrected chi connectivity index (χ3v) is 9.30. The fraction of sp³-hybridized carbons (Fsp3) is 0.464. The SMILES string of the molecule is CCC(=O)CCC(=O)N[C@@H](Cc1ccccc1)[C@H](O)CN(C[C@H](C)CC)S(=O)(=O)c1ccc2ncsc2c1. The maximum Gasteiger partial charge on any atom is 0.243 e. The van der Waals surface area contributed by atoms with Crippen molar-refractivity contribution in [3.05, 3.63) is 59.6 Å². The molecule has 0 aliphatic carbocycles. The fourth-order valence-electron chi connectivity index (χ4n) is 4.09. The first-order valence-corrected chi connectivity index (χ1v) is 15.3. The number of thiazole rings is 1. The number of fused-ring (bicyclic) bond motifs is 1. The second kappa shape index (κ2) is 13.9. The average molecular weight is 560 g/mol. The Morgan fingerprint density at radius 3 is 2.50 bits per heavy atom. The lowest BCUT2D eigenvalue weighted by atomic mass is 10.00. The van der Waals surface area contributed by atoms with Gasteiger partial charge in [-0.15, -0.1) is 11.3 Å². The quantitative estimate of drug-likeness (QED) is 0.289. The first-order valence-electron chi connectivity index (χ1n) is 13.0. The average Bonchev–Trinajstić information content (AvgIpc) is 3.39. The molecule has 0 spiro atoms. The van der Waals surface area contributed by atoms with E-state index in [1.165, 1.54) is 15.6 Å². The zero-order valence-electron chi connectivity index (χ0n) is 22.2. The van der Waals surface area contributed by atoms with Crippen LogP contribution in [0.2, 0.25) is 0 Å². The number of Topliss-reactive ketones (excluding diaryl/α,β-unsaturated/α-hetero) is 1. The van der Waals surface area contributed by atoms with Gasteiger partial charge in [0, 0.05) is 32.4 Å². The summed E-state index contributed by atoms with van der Waals surface area (Å²) >= 11 is 1.37. The molecule has 2 aromatic carbocycles. The van der Waals surface area contributed by atoms with E-state index in [0.29, 0.717) is 12.8 Å². The highest BCUT2D eigenvalue weighted by atomic mass is 32.2. The van der Waals surface area contributed by atoms with E-state index in [2.05, 4.69) is 10.3 Å². The molecular formula is C28H37N3O5S2. The number of ketones is 1. The lowest BCUT2D eigenvalue weighted by Gasteiger charge is -2.31. The van der Waals surface area contributed by atoms with Gasteiger partial charge in [0.25, 0.3) is 0 Å². The van der Waals surface area contributed by atoms with Crippen molar-refractivity contribution in [2.45, 2.75) is 69.9 Å². The van der Waals surface area contributed by atoms with Crippen LogP contribution in [0, 0.1) is 5.92 Å². The summed E-state index contributed by atoms with van der Waals surface area (Å²) in [4.78, 5) is 28.8. The van der Waals surface area contributed by atoms with E-state index < -0.39 is 22.2 Å². The van der Waals surface area contributed by atoms with Crippen LogP contribution in [0.5, 0.6) is 0 Å². The molecule has 0 radical (unpaired) electrons. The first kappa shape index (κ1) is 29.9. The summed E-state index contributed by atoms with van der Waals surface area (Å²) in [7, 11) is -3.94. The molecule has 2 N–H and O–H groups in total. The van der Waals surface area contributed by atoms with Gasteiger partial charge < -0.3 is 10.4 Å². The summed E-state index contributed by atoms with van der Waals surface area (Å²) in [6, 6.07) is 13.5. The summed E-state index contributed by atoms with van der Waals surface area (Å²) in [5.41, 5.74) is 3.30. The lowest BCUT2D eigenvalue weighted by molar-refractivity contribution is -0.126. The molecule has 0 bridgehead atoms. The van der Waals surface area contributed by atoms with Crippen LogP contribution in [-0.2, 0) is 26.0 Å². The molecule has 0 aliphatic heterocycles. The normalized spacial score (nSPS) is 14.3. The number of benzene rings is 2. The van der Waals surface area contributed by atoms with Crippen molar-refractivity contribution in [2.75, 3.05) is 13.1 Å². The molecule has 1 aromatic heterocycles. The molecular weight excluding hydrogens is 522 g/mol. The molecule has 3 atom stereocenters. The number of amides is 1. The predicted molar refractivity (Wildman–Crippen MR) is 150 cm³/mol. The monoisotopic (exact) mass is 559 g/mol. The number of nitrogens with one attached hydrogen (secondary N) is 1. The first-order chi connectivity index (χ1) is 18.1. The summed E-state index contributed by atoms with van der Waals surface area (Å²) < 4.78 is 29.6. The number of hydrogen-bond donors (Lipinski definition) is 2. The number of nitrogens with zero attached hydrogens (tertiary/aromatic N) is 2. The van der Waals surface area contributed by atoms with Crippen molar-refractivity contribution in [1.29, 1.82) is 0 Å². The topological polar surface area (TPSA) is 117 Å². The Morgan fingerprint density at radius 1 is 1.08 bits per heavy atom. The molecule has 206 valence electrons. The Hall–Kier alpha value is -2.66. The van der Waals surface area contributed by atoms with Crippen LogP contribution in [0.3, 0.4) is 0 Å². The van der Waals surface area contributed by atoms with Gasteiger partial charge >= 0.3 is 0 Å². The highest BCUT2D eigenvalue weighted by Gasteiger charge is 2.32. The zero-order valence-corrected chi connectivity index (χ0v) is 23.8. The number of sulfonamides is 1. The van der Waals surface area contributed by atoms with Crippen LogP contribution in [0.15, 0.2) is 58.9 Å². The summed E-state index contributed by atoms with van der Waals surface area (Å²) in [5, 5.41) is 14.2. The van der Waals surface area contributed by atoms with Gasteiger partial charge in [-0.2, -0.15) is 4.31 Å². The number of hydrogen-bond acceptors (Lipinski definition) is 7. The molecule has 1 amide bonds. The second-order valence-corrected chi connectivity index (χ2v) is 12.5. The van der Waals surface area contributed by atoms with E-state index in [9.17, 15) is 23.1 Å². The number of aliphatic hydroxyl groups excluding tert-OH is 1. The van der Waals surface area contributed by atoms with Crippen molar-refractivity contribution in [1.82, 2.24) is 14.6 Å². The Kier molecular flexibility index (Phi) is 11.0. The van der Waals surface area contributed by atoms with Crippen LogP contribution in [0.1, 0.15) is 52.0 Å². The molecule has 0 unspecified atom stereocenters. The van der Waals surface area contributed by atoms with Crippen LogP contribution in [0.4, 0.5) is 0 Å². The Balaban J connectivity index is 1.86. The van der Waals surface area contributed by atoms with Gasteiger partial charge in [-0.1, -0.05) is 57.5 Å². The Labute approximate surface area is 229 Å². The van der Waals surface area contributed by atoms with Crippen LogP contribution in [0.25, 0.3) is 10.2 Å². The van der Waals surface area contributed by atoms with Gasteiger partial charge in [0.15, 0.2) is 0 Å². The Morgan fingerprint density at radius 2 is 1.82 bits per heavy atom. The summed E-state index contributed by atoms with van der Waals surface area (Å²) in [5.74, 6) is -0.297. The molecule has 1 heterocycles. The van der Waals surface area contributed by atoms with Crippen LogP contribution < -0.4 is 5.32 Å². The van der Waals surface area contributed by atoms with Crippen molar-refractivity contribution in [3.8, 4) is 0 Å². The second-order valence-electron chi connectivity index (χ2n) is 9.64. The van der Waals surface area contributed by atoms with Gasteiger partial charge in [-0.05, 0) is 36.1 Å². The summed E-state index contributed by atoms with van der Waals surface area (Å²) in [6.45, 7) is 5.76. The molecule has 3 aromatic rings. The molecule has 0 fully saturated rings. The van der Waals surface area contributed by atoms with Gasteiger partial charge in [0.2, 0.25) is 15.9 Å². The lowest BCUT2D eigenvalue weighted by Crippen LogP contribution is -2.51. The molecule has 0 saturated heterocycles. The third kappa shape index (κ3) is 8.17. The largest absolute Gasteiger partial charge is 0.390 e. The fourth-order valence-corrected chi connectivity index (χ4v) is 6.48. The van der Waals surface area contributed by atoms with Crippen molar-refractivity contribution in [2.24, 2.45) is 5.92 Å². The molecule has 0 saturated carbocycles. The standard InChI is InChI=1S/C28H37N3O5S2/c1-4-20(3)17-31(38(35,36)23-12-13-24-27(16-23)37-19-29-24)18-26(33)25(15-21-9-7-6-8-10-21)30-28(34)14-11-22(32)5-2/h6-10,12-13,16,19-20,25-26,33H,4-5,11,14-15,17-18H2,1-3H3,(H,30,34)/t20-,25+,26-/m1/s1. The zero-order chi connectivity index (χ0) is 27.7. The maximum absolute atomic E-state index is 13.8. The highest BCUT2D eigenvalue weighted by Crippen LogP contribution is 2.25. The molecule has 0 aliphatic rings. The smallest absolute Gasteiger partial charge is 0.243 e. The predicted octanol–water partition coefficient (Wildman–Crippen LogP) is 4.18. The van der Waals surface area contributed by atoms with Crippen LogP contribution in [-0.4, -0.2) is 59.7 Å². The van der Waals surface area contributed by atoms with Gasteiger partial charge in [0.1, 0.15) is 5.78 Å². The van der Waals surface area contributed by atoms with E-state index in [1.54, 1.807) is 30.6 Å². The third-order valence-electron chi connectivity index (χ3n) is 6.68. The molecule has 10 heteroatoms. The minimum absolute atomic E-state index is 0.0101. The van der Waals surface area contributed by atoms with Gasteiger partial charge in [-0.3, -0.25) is 9.59 Å². The molecule has 8 nitrogen and oxygen atoms in total. The Bertz CT molecular complexity index is 1310. The minimum atomic E-state index is -3.94. The van der Waals surface area contributed by atoms with E-state index in [1.807, 2.05) is 44.2 Å².